The van der Waals surface area contributed by atoms with Crippen molar-refractivity contribution in [2.75, 3.05) is 7.11 Å². The fraction of sp³-hybridized carbons (Fsp3) is 0.300. The van der Waals surface area contributed by atoms with Gasteiger partial charge in [-0.3, -0.25) is 0 Å². The second-order valence-electron chi connectivity index (χ2n) is 2.77. The quantitative estimate of drug-likeness (QED) is 0.727. The van der Waals surface area contributed by atoms with Crippen LogP contribution in [0.2, 0.25) is 5.02 Å². The van der Waals surface area contributed by atoms with Crippen molar-refractivity contribution in [1.82, 2.24) is 0 Å². The van der Waals surface area contributed by atoms with Gasteiger partial charge in [0.15, 0.2) is 0 Å². The van der Waals surface area contributed by atoms with E-state index in [9.17, 15) is 0 Å². The molecule has 0 aliphatic rings. The lowest BCUT2D eigenvalue weighted by Gasteiger charge is -2.08. The summed E-state index contributed by atoms with van der Waals surface area (Å²) in [4.78, 5) is 0. The second-order valence-corrected chi connectivity index (χ2v) is 3.18. The molecule has 0 saturated carbocycles. The van der Waals surface area contributed by atoms with Crippen molar-refractivity contribution in [2.24, 2.45) is 0 Å². The number of nitriles is 1. The zero-order chi connectivity index (χ0) is 9.84. The molecule has 1 rings (SSSR count). The van der Waals surface area contributed by atoms with Gasteiger partial charge in [-0.15, -0.1) is 0 Å². The van der Waals surface area contributed by atoms with Gasteiger partial charge in [-0.2, -0.15) is 5.26 Å². The smallest absolute Gasteiger partial charge is 0.141 e. The standard InChI is InChI=1S/C10H10ClNO/c1-7-5-8(3-4-12)10(13-2)9(11)6-7/h5-6H,3H2,1-2H3. The van der Waals surface area contributed by atoms with E-state index in [0.717, 1.165) is 11.1 Å². The molecule has 0 aliphatic carbocycles. The number of benzene rings is 1. The molecule has 0 amide bonds. The SMILES string of the molecule is COc1c(Cl)cc(C)cc1CC#N. The molecule has 0 fully saturated rings. The van der Waals surface area contributed by atoms with Crippen LogP contribution in [-0.2, 0) is 6.42 Å². The molecule has 68 valence electrons. The predicted molar refractivity (Wildman–Crippen MR) is 52.1 cm³/mol. The van der Waals surface area contributed by atoms with Crippen LogP contribution in [-0.4, -0.2) is 7.11 Å². The zero-order valence-electron chi connectivity index (χ0n) is 7.60. The maximum Gasteiger partial charge on any atom is 0.141 e. The van der Waals surface area contributed by atoms with Crippen molar-refractivity contribution in [2.45, 2.75) is 13.3 Å². The number of aryl methyl sites for hydroxylation is 1. The van der Waals surface area contributed by atoms with Gasteiger partial charge in [-0.1, -0.05) is 17.7 Å². The number of halogens is 1. The first-order valence-corrected chi connectivity index (χ1v) is 4.26. The molecule has 0 bridgehead atoms. The molecule has 0 unspecified atom stereocenters. The van der Waals surface area contributed by atoms with Crippen LogP contribution in [0.4, 0.5) is 0 Å². The third kappa shape index (κ3) is 2.13. The molecule has 1 aromatic rings. The van der Waals surface area contributed by atoms with Crippen molar-refractivity contribution in [1.29, 1.82) is 5.26 Å². The molecule has 0 aliphatic heterocycles. The number of ether oxygens (including phenoxy) is 1. The Kier molecular flexibility index (Phi) is 3.16. The van der Waals surface area contributed by atoms with Crippen LogP contribution in [0.1, 0.15) is 11.1 Å². The zero-order valence-corrected chi connectivity index (χ0v) is 8.35. The summed E-state index contributed by atoms with van der Waals surface area (Å²) in [5, 5.41) is 9.14. The molecule has 13 heavy (non-hydrogen) atoms. The minimum atomic E-state index is 0.324. The second kappa shape index (κ2) is 4.15. The predicted octanol–water partition coefficient (Wildman–Crippen LogP) is 2.72. The van der Waals surface area contributed by atoms with E-state index in [2.05, 4.69) is 6.07 Å². The van der Waals surface area contributed by atoms with Gasteiger partial charge in [0.25, 0.3) is 0 Å². The van der Waals surface area contributed by atoms with Crippen molar-refractivity contribution < 1.29 is 4.74 Å². The molecule has 0 radical (unpaired) electrons. The molecule has 0 heterocycles. The summed E-state index contributed by atoms with van der Waals surface area (Å²) < 4.78 is 5.10. The molecular formula is C10H10ClNO. The summed E-state index contributed by atoms with van der Waals surface area (Å²) in [5.41, 5.74) is 1.88. The van der Waals surface area contributed by atoms with Crippen molar-refractivity contribution in [3.63, 3.8) is 0 Å². The van der Waals surface area contributed by atoms with Crippen LogP contribution in [0.15, 0.2) is 12.1 Å². The van der Waals surface area contributed by atoms with E-state index in [4.69, 9.17) is 21.6 Å². The van der Waals surface area contributed by atoms with Gasteiger partial charge in [0.2, 0.25) is 0 Å². The first-order valence-electron chi connectivity index (χ1n) is 3.89. The summed E-state index contributed by atoms with van der Waals surface area (Å²) in [5.74, 6) is 0.605. The van der Waals surface area contributed by atoms with Crippen LogP contribution in [0, 0.1) is 18.3 Å². The molecule has 3 heteroatoms. The first kappa shape index (κ1) is 9.88. The third-order valence-electron chi connectivity index (χ3n) is 1.74. The highest BCUT2D eigenvalue weighted by molar-refractivity contribution is 6.32. The highest BCUT2D eigenvalue weighted by Gasteiger charge is 2.07. The largest absolute Gasteiger partial charge is 0.495 e. The topological polar surface area (TPSA) is 33.0 Å². The molecule has 0 atom stereocenters. The monoisotopic (exact) mass is 195 g/mol. The average molecular weight is 196 g/mol. The van der Waals surface area contributed by atoms with Gasteiger partial charge < -0.3 is 4.74 Å². The third-order valence-corrected chi connectivity index (χ3v) is 2.02. The molecule has 1 aromatic carbocycles. The Hall–Kier alpha value is -1.20. The van der Waals surface area contributed by atoms with E-state index < -0.39 is 0 Å². The van der Waals surface area contributed by atoms with Crippen LogP contribution in [0.5, 0.6) is 5.75 Å². The summed E-state index contributed by atoms with van der Waals surface area (Å²) in [6, 6.07) is 5.81. The van der Waals surface area contributed by atoms with E-state index >= 15 is 0 Å². The molecule has 0 N–H and O–H groups in total. The molecular weight excluding hydrogens is 186 g/mol. The minimum absolute atomic E-state index is 0.324. The summed E-state index contributed by atoms with van der Waals surface area (Å²) in [6.07, 6.45) is 0.324. The van der Waals surface area contributed by atoms with Crippen LogP contribution in [0.25, 0.3) is 0 Å². The maximum atomic E-state index is 8.57. The Morgan fingerprint density at radius 1 is 1.54 bits per heavy atom. The van der Waals surface area contributed by atoms with Gasteiger partial charge >= 0.3 is 0 Å². The Balaban J connectivity index is 3.23. The number of hydrogen-bond donors (Lipinski definition) is 0. The summed E-state index contributed by atoms with van der Waals surface area (Å²) >= 11 is 5.94. The minimum Gasteiger partial charge on any atom is -0.495 e. The lowest BCUT2D eigenvalue weighted by Crippen LogP contribution is -1.93. The highest BCUT2D eigenvalue weighted by Crippen LogP contribution is 2.30. The highest BCUT2D eigenvalue weighted by atomic mass is 35.5. The van der Waals surface area contributed by atoms with Crippen LogP contribution >= 0.6 is 11.6 Å². The van der Waals surface area contributed by atoms with Gasteiger partial charge in [-0.05, 0) is 18.6 Å². The fourth-order valence-corrected chi connectivity index (χ4v) is 1.62. The van der Waals surface area contributed by atoms with Gasteiger partial charge in [0, 0.05) is 5.56 Å². The van der Waals surface area contributed by atoms with Gasteiger partial charge in [-0.25, -0.2) is 0 Å². The number of nitrogens with zero attached hydrogens (tertiary/aromatic N) is 1. The maximum absolute atomic E-state index is 8.57. The average Bonchev–Trinajstić information content (AvgIpc) is 2.04. The fourth-order valence-electron chi connectivity index (χ4n) is 1.25. The number of methoxy groups -OCH3 is 1. The normalized spacial score (nSPS) is 9.38. The molecule has 0 aromatic heterocycles. The number of rotatable bonds is 2. The Morgan fingerprint density at radius 3 is 2.77 bits per heavy atom. The Morgan fingerprint density at radius 2 is 2.23 bits per heavy atom. The Labute approximate surface area is 82.7 Å². The van der Waals surface area contributed by atoms with Crippen LogP contribution < -0.4 is 4.74 Å². The molecule has 0 saturated heterocycles. The lowest BCUT2D eigenvalue weighted by molar-refractivity contribution is 0.411. The Bertz CT molecular complexity index is 355. The number of hydrogen-bond acceptors (Lipinski definition) is 2. The lowest BCUT2D eigenvalue weighted by atomic mass is 10.1. The van der Waals surface area contributed by atoms with Crippen molar-refractivity contribution >= 4 is 11.6 Å². The van der Waals surface area contributed by atoms with Gasteiger partial charge in [0.1, 0.15) is 5.75 Å². The van der Waals surface area contributed by atoms with Crippen molar-refractivity contribution in [3.05, 3.63) is 28.3 Å². The summed E-state index contributed by atoms with van der Waals surface area (Å²) in [7, 11) is 1.55. The summed E-state index contributed by atoms with van der Waals surface area (Å²) in [6.45, 7) is 1.94. The molecule has 2 nitrogen and oxygen atoms in total. The van der Waals surface area contributed by atoms with Gasteiger partial charge in [0.05, 0.1) is 24.6 Å². The first-order chi connectivity index (χ1) is 6.19. The van der Waals surface area contributed by atoms with Crippen LogP contribution in [0.3, 0.4) is 0 Å². The van der Waals surface area contributed by atoms with E-state index in [0.29, 0.717) is 17.2 Å². The van der Waals surface area contributed by atoms with E-state index in [1.54, 1.807) is 7.11 Å². The molecule has 0 spiro atoms. The van der Waals surface area contributed by atoms with E-state index in [-0.39, 0.29) is 0 Å². The van der Waals surface area contributed by atoms with E-state index in [1.165, 1.54) is 0 Å². The van der Waals surface area contributed by atoms with Crippen molar-refractivity contribution in [3.8, 4) is 11.8 Å². The van der Waals surface area contributed by atoms with E-state index in [1.807, 2.05) is 19.1 Å².